The summed E-state index contributed by atoms with van der Waals surface area (Å²) in [6.07, 6.45) is 3.08. The summed E-state index contributed by atoms with van der Waals surface area (Å²) >= 11 is 2.71. The predicted octanol–water partition coefficient (Wildman–Crippen LogP) is 2.34. The van der Waals surface area contributed by atoms with Crippen molar-refractivity contribution in [1.82, 2.24) is 4.57 Å². The summed E-state index contributed by atoms with van der Waals surface area (Å²) in [6.45, 7) is 2.08. The summed E-state index contributed by atoms with van der Waals surface area (Å²) in [4.78, 5) is 25.8. The number of thiophene rings is 1. The molecule has 146 valence electrons. The molecule has 3 aromatic rings. The highest BCUT2D eigenvalue weighted by molar-refractivity contribution is 7.11. The van der Waals surface area contributed by atoms with Crippen molar-refractivity contribution in [2.75, 3.05) is 13.7 Å². The Morgan fingerprint density at radius 1 is 1.32 bits per heavy atom. The lowest BCUT2D eigenvalue weighted by molar-refractivity contribution is -0.135. The standard InChI is InChI=1S/C20H18FNO4S2/c1-3-26-19(23)11-18-22(12-13-6-7-16(25-2)15(21)9-13)20(24)17(28-18)10-14-5-4-8-27-14/h4-11H,3,12H2,1-2H3. The summed E-state index contributed by atoms with van der Waals surface area (Å²) < 4.78 is 26.3. The molecule has 0 aliphatic heterocycles. The van der Waals surface area contributed by atoms with E-state index in [-0.39, 0.29) is 24.5 Å². The van der Waals surface area contributed by atoms with Gasteiger partial charge in [-0.05, 0) is 42.1 Å². The first-order valence-electron chi connectivity index (χ1n) is 8.47. The average Bonchev–Trinajstić information content (AvgIpc) is 3.26. The third-order valence-electron chi connectivity index (χ3n) is 3.84. The zero-order valence-corrected chi connectivity index (χ0v) is 16.9. The number of carbonyl (C=O) groups excluding carboxylic acids is 1. The van der Waals surface area contributed by atoms with Gasteiger partial charge in [-0.3, -0.25) is 9.36 Å². The van der Waals surface area contributed by atoms with Crippen LogP contribution in [0.25, 0.3) is 12.2 Å². The van der Waals surface area contributed by atoms with E-state index in [1.807, 2.05) is 17.5 Å². The van der Waals surface area contributed by atoms with E-state index in [4.69, 9.17) is 9.47 Å². The second-order valence-electron chi connectivity index (χ2n) is 5.72. The molecule has 2 aromatic heterocycles. The lowest BCUT2D eigenvalue weighted by Crippen LogP contribution is -2.32. The summed E-state index contributed by atoms with van der Waals surface area (Å²) in [5, 5.41) is 1.92. The van der Waals surface area contributed by atoms with Crippen molar-refractivity contribution in [1.29, 1.82) is 0 Å². The molecular weight excluding hydrogens is 401 g/mol. The fourth-order valence-corrected chi connectivity index (χ4v) is 4.32. The van der Waals surface area contributed by atoms with Gasteiger partial charge in [0, 0.05) is 4.88 Å². The highest BCUT2D eigenvalue weighted by Gasteiger charge is 2.10. The highest BCUT2D eigenvalue weighted by Crippen LogP contribution is 2.17. The van der Waals surface area contributed by atoms with Crippen molar-refractivity contribution in [3.8, 4) is 5.75 Å². The summed E-state index contributed by atoms with van der Waals surface area (Å²) in [5.74, 6) is -0.905. The van der Waals surface area contributed by atoms with Gasteiger partial charge in [0.05, 0.1) is 30.9 Å². The molecule has 0 unspecified atom stereocenters. The first kappa shape index (κ1) is 20.0. The van der Waals surface area contributed by atoms with Crippen molar-refractivity contribution in [3.05, 3.63) is 71.5 Å². The highest BCUT2D eigenvalue weighted by atomic mass is 32.1. The lowest BCUT2D eigenvalue weighted by Gasteiger charge is -2.06. The van der Waals surface area contributed by atoms with Crippen molar-refractivity contribution >= 4 is 40.8 Å². The van der Waals surface area contributed by atoms with Crippen LogP contribution in [0.15, 0.2) is 40.5 Å². The molecule has 0 amide bonds. The van der Waals surface area contributed by atoms with Gasteiger partial charge in [-0.2, -0.15) is 0 Å². The molecule has 0 aliphatic carbocycles. The van der Waals surface area contributed by atoms with Crippen LogP contribution in [0.4, 0.5) is 4.39 Å². The van der Waals surface area contributed by atoms with E-state index in [1.54, 1.807) is 19.1 Å². The van der Waals surface area contributed by atoms with Gasteiger partial charge < -0.3 is 9.47 Å². The monoisotopic (exact) mass is 419 g/mol. The van der Waals surface area contributed by atoms with Gasteiger partial charge in [-0.1, -0.05) is 12.1 Å². The lowest BCUT2D eigenvalue weighted by atomic mass is 10.2. The van der Waals surface area contributed by atoms with E-state index < -0.39 is 11.8 Å². The van der Waals surface area contributed by atoms with Crippen LogP contribution < -0.4 is 19.5 Å². The van der Waals surface area contributed by atoms with Crippen molar-refractivity contribution in [2.24, 2.45) is 0 Å². The molecule has 0 bridgehead atoms. The molecule has 0 saturated heterocycles. The van der Waals surface area contributed by atoms with E-state index >= 15 is 0 Å². The van der Waals surface area contributed by atoms with Crippen LogP contribution >= 0.6 is 22.7 Å². The number of nitrogens with zero attached hydrogens (tertiary/aromatic N) is 1. The molecule has 8 heteroatoms. The van der Waals surface area contributed by atoms with Gasteiger partial charge in [0.1, 0.15) is 4.66 Å². The van der Waals surface area contributed by atoms with Crippen LogP contribution in [-0.4, -0.2) is 24.3 Å². The molecule has 28 heavy (non-hydrogen) atoms. The van der Waals surface area contributed by atoms with E-state index in [0.717, 1.165) is 4.88 Å². The third kappa shape index (κ3) is 4.58. The number of ether oxygens (including phenoxy) is 2. The Hall–Kier alpha value is -2.71. The third-order valence-corrected chi connectivity index (χ3v) is 5.72. The van der Waals surface area contributed by atoms with Crippen molar-refractivity contribution < 1.29 is 18.7 Å². The number of halogens is 1. The number of esters is 1. The fraction of sp³-hybridized carbons (Fsp3) is 0.200. The Bertz CT molecular complexity index is 1150. The Labute approximate surface area is 168 Å². The minimum absolute atomic E-state index is 0.125. The number of aromatic nitrogens is 1. The van der Waals surface area contributed by atoms with Crippen LogP contribution in [0.1, 0.15) is 17.4 Å². The van der Waals surface area contributed by atoms with Gasteiger partial charge >= 0.3 is 5.97 Å². The van der Waals surface area contributed by atoms with Crippen molar-refractivity contribution in [3.63, 3.8) is 0 Å². The normalized spacial score (nSPS) is 12.4. The maximum absolute atomic E-state index is 14.0. The molecule has 0 saturated carbocycles. The topological polar surface area (TPSA) is 57.5 Å². The first-order chi connectivity index (χ1) is 13.5. The zero-order chi connectivity index (χ0) is 20.1. The van der Waals surface area contributed by atoms with Crippen LogP contribution in [0.5, 0.6) is 5.75 Å². The summed E-state index contributed by atoms with van der Waals surface area (Å²) in [6, 6.07) is 8.31. The summed E-state index contributed by atoms with van der Waals surface area (Å²) in [5.41, 5.74) is 0.338. The quantitative estimate of drug-likeness (QED) is 0.576. The van der Waals surface area contributed by atoms with E-state index in [9.17, 15) is 14.0 Å². The van der Waals surface area contributed by atoms with Crippen LogP contribution in [-0.2, 0) is 16.1 Å². The molecule has 0 spiro atoms. The second-order valence-corrected chi connectivity index (χ2v) is 7.76. The minimum atomic E-state index is -0.527. The molecule has 0 N–H and O–H groups in total. The van der Waals surface area contributed by atoms with Crippen LogP contribution in [0.3, 0.4) is 0 Å². The van der Waals surface area contributed by atoms with Gasteiger partial charge in [0.2, 0.25) is 0 Å². The smallest absolute Gasteiger partial charge is 0.333 e. The van der Waals surface area contributed by atoms with Gasteiger partial charge in [-0.15, -0.1) is 22.7 Å². The first-order valence-corrected chi connectivity index (χ1v) is 10.2. The zero-order valence-electron chi connectivity index (χ0n) is 15.3. The Kier molecular flexibility index (Phi) is 6.43. The largest absolute Gasteiger partial charge is 0.494 e. The summed E-state index contributed by atoms with van der Waals surface area (Å²) in [7, 11) is 1.39. The molecule has 5 nitrogen and oxygen atoms in total. The average molecular weight is 419 g/mol. The molecular formula is C20H18FNO4S2. The molecule has 0 radical (unpaired) electrons. The second kappa shape index (κ2) is 8.99. The predicted molar refractivity (Wildman–Crippen MR) is 109 cm³/mol. The Morgan fingerprint density at radius 2 is 2.14 bits per heavy atom. The van der Waals surface area contributed by atoms with Crippen molar-refractivity contribution in [2.45, 2.75) is 13.5 Å². The number of carbonyl (C=O) groups is 1. The maximum atomic E-state index is 14.0. The van der Waals surface area contributed by atoms with Gasteiger partial charge in [-0.25, -0.2) is 9.18 Å². The van der Waals surface area contributed by atoms with Gasteiger partial charge in [0.15, 0.2) is 11.6 Å². The SMILES string of the molecule is CCOC(=O)C=c1sc(=Cc2cccs2)c(=O)n1Cc1ccc(OC)c(F)c1. The Balaban J connectivity index is 2.10. The van der Waals surface area contributed by atoms with E-state index in [0.29, 0.717) is 14.8 Å². The van der Waals surface area contributed by atoms with Crippen LogP contribution in [0, 0.1) is 5.82 Å². The molecule has 2 heterocycles. The molecule has 0 aliphatic rings. The van der Waals surface area contributed by atoms with E-state index in [2.05, 4.69) is 0 Å². The molecule has 0 fully saturated rings. The minimum Gasteiger partial charge on any atom is -0.494 e. The number of thiazole rings is 1. The van der Waals surface area contributed by atoms with E-state index in [1.165, 1.54) is 52.6 Å². The molecule has 0 atom stereocenters. The van der Waals surface area contributed by atoms with Crippen LogP contribution in [0.2, 0.25) is 0 Å². The molecule has 1 aromatic carbocycles. The number of hydrogen-bond acceptors (Lipinski definition) is 6. The maximum Gasteiger partial charge on any atom is 0.333 e. The Morgan fingerprint density at radius 3 is 2.79 bits per heavy atom. The van der Waals surface area contributed by atoms with Gasteiger partial charge in [0.25, 0.3) is 5.56 Å². The number of rotatable bonds is 6. The number of methoxy groups -OCH3 is 1. The molecule has 3 rings (SSSR count). The fourth-order valence-electron chi connectivity index (χ4n) is 2.57. The number of benzene rings is 1. The number of hydrogen-bond donors (Lipinski definition) is 0.